The minimum absolute atomic E-state index is 0.290. The van der Waals surface area contributed by atoms with Gasteiger partial charge in [0.25, 0.3) is 0 Å². The second-order valence-corrected chi connectivity index (χ2v) is 7.31. The van der Waals surface area contributed by atoms with Gasteiger partial charge in [0.2, 0.25) is 0 Å². The van der Waals surface area contributed by atoms with E-state index in [-0.39, 0.29) is 5.63 Å². The largest absolute Gasteiger partial charge is 0.486 e. The first kappa shape index (κ1) is 17.0. The van der Waals surface area contributed by atoms with Crippen LogP contribution in [0.5, 0.6) is 17.2 Å². The molecule has 3 heterocycles. The van der Waals surface area contributed by atoms with E-state index < -0.39 is 0 Å². The van der Waals surface area contributed by atoms with E-state index in [0.717, 1.165) is 45.0 Å². The lowest BCUT2D eigenvalue weighted by Crippen LogP contribution is -2.32. The van der Waals surface area contributed by atoms with Gasteiger partial charge in [0.05, 0.1) is 0 Å². The van der Waals surface area contributed by atoms with Crippen LogP contribution in [0.2, 0.25) is 0 Å². The summed E-state index contributed by atoms with van der Waals surface area (Å²) in [6.45, 7) is 7.95. The quantitative estimate of drug-likeness (QED) is 0.599. The number of hydrogen-bond donors (Lipinski definition) is 0. The van der Waals surface area contributed by atoms with Gasteiger partial charge in [-0.05, 0) is 44.5 Å². The molecule has 0 radical (unpaired) electrons. The van der Waals surface area contributed by atoms with Crippen molar-refractivity contribution in [3.63, 3.8) is 0 Å². The summed E-state index contributed by atoms with van der Waals surface area (Å²) >= 11 is 0. The summed E-state index contributed by atoms with van der Waals surface area (Å²) in [6.07, 6.45) is 0. The zero-order chi connectivity index (χ0) is 19.4. The minimum Gasteiger partial charge on any atom is -0.486 e. The van der Waals surface area contributed by atoms with Crippen molar-refractivity contribution in [1.82, 2.24) is 0 Å². The Kier molecular flexibility index (Phi) is 3.75. The van der Waals surface area contributed by atoms with E-state index in [0.29, 0.717) is 37.6 Å². The van der Waals surface area contributed by atoms with Crippen LogP contribution in [0.4, 0.5) is 5.69 Å². The van der Waals surface area contributed by atoms with Gasteiger partial charge in [0.15, 0.2) is 18.2 Å². The number of anilines is 1. The number of benzene rings is 2. The van der Waals surface area contributed by atoms with E-state index in [2.05, 4.69) is 11.0 Å². The van der Waals surface area contributed by atoms with Gasteiger partial charge in [0.1, 0.15) is 24.5 Å². The molecule has 6 nitrogen and oxygen atoms in total. The molecule has 0 N–H and O–H groups in total. The molecule has 2 aliphatic rings. The first-order chi connectivity index (χ1) is 13.5. The van der Waals surface area contributed by atoms with Crippen LogP contribution in [-0.4, -0.2) is 19.9 Å². The molecule has 0 saturated heterocycles. The Hall–Kier alpha value is -3.15. The molecular formula is C22H21NO5. The highest BCUT2D eigenvalue weighted by molar-refractivity contribution is 5.87. The predicted octanol–water partition coefficient (Wildman–Crippen LogP) is 3.85. The normalized spacial score (nSPS) is 15.3. The number of nitrogens with zero attached hydrogens (tertiary/aromatic N) is 1. The highest BCUT2D eigenvalue weighted by Gasteiger charge is 2.24. The van der Waals surface area contributed by atoms with Crippen LogP contribution < -0.4 is 24.7 Å². The molecule has 0 atom stereocenters. The number of fused-ring (bicyclic) bond motifs is 3. The van der Waals surface area contributed by atoms with Crippen LogP contribution >= 0.6 is 0 Å². The Balaban J connectivity index is 1.57. The Morgan fingerprint density at radius 3 is 2.50 bits per heavy atom. The topological polar surface area (TPSA) is 61.1 Å². The number of hydrogen-bond acceptors (Lipinski definition) is 6. The van der Waals surface area contributed by atoms with Crippen LogP contribution in [0.15, 0.2) is 33.5 Å². The minimum atomic E-state index is -0.290. The van der Waals surface area contributed by atoms with Crippen LogP contribution in [0.3, 0.4) is 0 Å². The van der Waals surface area contributed by atoms with Gasteiger partial charge >= 0.3 is 5.63 Å². The molecule has 0 unspecified atom stereocenters. The van der Waals surface area contributed by atoms with Crippen LogP contribution in [0, 0.1) is 20.8 Å². The summed E-state index contributed by atoms with van der Waals surface area (Å²) in [5.74, 6) is 2.33. The lowest BCUT2D eigenvalue weighted by atomic mass is 9.99. The maximum Gasteiger partial charge on any atom is 0.339 e. The van der Waals surface area contributed by atoms with Crippen molar-refractivity contribution in [1.29, 1.82) is 0 Å². The van der Waals surface area contributed by atoms with Crippen molar-refractivity contribution in [2.45, 2.75) is 27.3 Å². The highest BCUT2D eigenvalue weighted by atomic mass is 16.6. The SMILES string of the molecule is Cc1c(C)c2cc3c(c(C)c2oc1=O)OCN(c1ccc2c(c1)OCCO2)C3. The molecule has 2 aliphatic heterocycles. The van der Waals surface area contributed by atoms with E-state index in [1.807, 2.05) is 32.0 Å². The average molecular weight is 379 g/mol. The summed E-state index contributed by atoms with van der Waals surface area (Å²) in [7, 11) is 0. The van der Waals surface area contributed by atoms with E-state index in [4.69, 9.17) is 18.6 Å². The zero-order valence-corrected chi connectivity index (χ0v) is 16.1. The van der Waals surface area contributed by atoms with Crippen LogP contribution in [-0.2, 0) is 6.54 Å². The van der Waals surface area contributed by atoms with Crippen molar-refractivity contribution >= 4 is 16.7 Å². The van der Waals surface area contributed by atoms with Crippen LogP contribution in [0.25, 0.3) is 11.0 Å². The van der Waals surface area contributed by atoms with Crippen molar-refractivity contribution in [2.24, 2.45) is 0 Å². The van der Waals surface area contributed by atoms with Gasteiger partial charge in [0, 0.05) is 40.4 Å². The predicted molar refractivity (Wildman–Crippen MR) is 106 cm³/mol. The molecule has 144 valence electrons. The Labute approximate surface area is 162 Å². The summed E-state index contributed by atoms with van der Waals surface area (Å²) in [6, 6.07) is 8.02. The Morgan fingerprint density at radius 2 is 1.68 bits per heavy atom. The molecule has 0 fully saturated rings. The van der Waals surface area contributed by atoms with E-state index in [1.165, 1.54) is 0 Å². The fourth-order valence-corrected chi connectivity index (χ4v) is 3.89. The monoisotopic (exact) mass is 379 g/mol. The van der Waals surface area contributed by atoms with Gasteiger partial charge in [-0.2, -0.15) is 0 Å². The van der Waals surface area contributed by atoms with Crippen molar-refractivity contribution < 1.29 is 18.6 Å². The van der Waals surface area contributed by atoms with Gasteiger partial charge in [-0.1, -0.05) is 0 Å². The average Bonchev–Trinajstić information content (AvgIpc) is 2.72. The fraction of sp³-hybridized carbons (Fsp3) is 0.318. The maximum absolute atomic E-state index is 12.1. The van der Waals surface area contributed by atoms with Gasteiger partial charge in [-0.3, -0.25) is 0 Å². The Morgan fingerprint density at radius 1 is 0.893 bits per heavy atom. The number of rotatable bonds is 1. The van der Waals surface area contributed by atoms with Crippen LogP contribution in [0.1, 0.15) is 22.3 Å². The molecule has 5 rings (SSSR count). The molecule has 3 aromatic rings. The van der Waals surface area contributed by atoms with E-state index >= 15 is 0 Å². The van der Waals surface area contributed by atoms with Crippen molar-refractivity contribution in [3.05, 3.63) is 56.9 Å². The van der Waals surface area contributed by atoms with Gasteiger partial charge in [-0.15, -0.1) is 0 Å². The molecule has 0 aliphatic carbocycles. The molecule has 1 aromatic heterocycles. The van der Waals surface area contributed by atoms with Crippen molar-refractivity contribution in [3.8, 4) is 17.2 Å². The molecule has 0 saturated carbocycles. The Bertz CT molecular complexity index is 1160. The fourth-order valence-electron chi connectivity index (χ4n) is 3.89. The molecule has 6 heteroatoms. The standard InChI is InChI=1S/C22H21NO5/c1-12-13(2)22(24)28-21-14(3)20-15(8-17(12)21)10-23(11-27-20)16-4-5-18-19(9-16)26-7-6-25-18/h4-5,8-9H,6-7,10-11H2,1-3H3. The molecule has 0 spiro atoms. The smallest absolute Gasteiger partial charge is 0.339 e. The molecule has 0 amide bonds. The highest BCUT2D eigenvalue weighted by Crippen LogP contribution is 2.39. The maximum atomic E-state index is 12.1. The third-order valence-corrected chi connectivity index (χ3v) is 5.62. The lowest BCUT2D eigenvalue weighted by Gasteiger charge is -2.32. The summed E-state index contributed by atoms with van der Waals surface area (Å²) in [4.78, 5) is 14.2. The number of aryl methyl sites for hydroxylation is 2. The second kappa shape index (κ2) is 6.19. The zero-order valence-electron chi connectivity index (χ0n) is 16.1. The summed E-state index contributed by atoms with van der Waals surface area (Å²) in [5, 5.41) is 0.959. The first-order valence-electron chi connectivity index (χ1n) is 9.37. The third-order valence-electron chi connectivity index (χ3n) is 5.62. The molecule has 0 bridgehead atoms. The molecule has 2 aromatic carbocycles. The first-order valence-corrected chi connectivity index (χ1v) is 9.37. The lowest BCUT2D eigenvalue weighted by molar-refractivity contribution is 0.171. The van der Waals surface area contributed by atoms with Gasteiger partial charge < -0.3 is 23.5 Å². The number of ether oxygens (including phenoxy) is 3. The molecular weight excluding hydrogens is 358 g/mol. The molecule has 28 heavy (non-hydrogen) atoms. The third kappa shape index (κ3) is 2.52. The second-order valence-electron chi connectivity index (χ2n) is 7.31. The van der Waals surface area contributed by atoms with Gasteiger partial charge in [-0.25, -0.2) is 4.79 Å². The summed E-state index contributed by atoms with van der Waals surface area (Å²) in [5.41, 5.74) is 4.87. The van der Waals surface area contributed by atoms with Crippen molar-refractivity contribution in [2.75, 3.05) is 24.8 Å². The van der Waals surface area contributed by atoms with E-state index in [1.54, 1.807) is 6.92 Å². The van der Waals surface area contributed by atoms with E-state index in [9.17, 15) is 4.79 Å². The summed E-state index contributed by atoms with van der Waals surface area (Å²) < 4.78 is 23.0.